The summed E-state index contributed by atoms with van der Waals surface area (Å²) >= 11 is 4.72. The molecule has 0 bridgehead atoms. The van der Waals surface area contributed by atoms with Gasteiger partial charge in [0, 0.05) is 11.8 Å². The van der Waals surface area contributed by atoms with E-state index in [0.29, 0.717) is 0 Å². The van der Waals surface area contributed by atoms with Gasteiger partial charge in [0.15, 0.2) is 5.76 Å². The summed E-state index contributed by atoms with van der Waals surface area (Å²) in [6, 6.07) is 0. The van der Waals surface area contributed by atoms with Gasteiger partial charge in [0.1, 0.15) is 13.0 Å². The Hall–Kier alpha value is -1.39. The first-order valence-electron chi connectivity index (χ1n) is 7.42. The Bertz CT molecular complexity index is 1260. The number of halogens is 2. The Morgan fingerprint density at radius 1 is 1.33 bits per heavy atom. The van der Waals surface area contributed by atoms with Crippen LogP contribution < -0.4 is 11.2 Å². The van der Waals surface area contributed by atoms with Crippen molar-refractivity contribution >= 4 is 46.8 Å². The summed E-state index contributed by atoms with van der Waals surface area (Å²) in [5.41, 5.74) is 3.54. The summed E-state index contributed by atoms with van der Waals surface area (Å²) < 4.78 is 64.7. The number of rotatable bonds is 8. The summed E-state index contributed by atoms with van der Waals surface area (Å²) in [5.74, 6) is -0.404. The van der Waals surface area contributed by atoms with Crippen molar-refractivity contribution in [1.29, 1.82) is 0 Å². The van der Waals surface area contributed by atoms with E-state index in [4.69, 9.17) is 30.9 Å². The van der Waals surface area contributed by atoms with Crippen LogP contribution in [-0.2, 0) is 34.5 Å². The number of nitrogens with zero attached hydrogens (tertiary/aromatic N) is 1. The van der Waals surface area contributed by atoms with Crippen molar-refractivity contribution < 1.29 is 46.2 Å². The topological polar surface area (TPSA) is 177 Å². The highest BCUT2D eigenvalue weighted by Gasteiger charge is 2.66. The molecule has 2 heterocycles. The van der Waals surface area contributed by atoms with Gasteiger partial charge in [0.25, 0.3) is 11.4 Å². The van der Waals surface area contributed by atoms with Gasteiger partial charge in [-0.1, -0.05) is 0 Å². The fraction of sp³-hybridized carbons (Fsp3) is 0.273. The molecule has 1 aromatic rings. The van der Waals surface area contributed by atoms with Gasteiger partial charge in [-0.05, 0) is 30.2 Å². The fourth-order valence-corrected chi connectivity index (χ4v) is 6.96. The summed E-state index contributed by atoms with van der Waals surface area (Å²) in [5, 5.41) is -5.40. The zero-order valence-electron chi connectivity index (χ0n) is 14.9. The summed E-state index contributed by atoms with van der Waals surface area (Å²) in [4.78, 5) is 51.7. The minimum atomic E-state index is -6.34. The molecule has 1 aromatic heterocycles. The largest absolute Gasteiger partial charge is 0.444 e. The van der Waals surface area contributed by atoms with Gasteiger partial charge in [0.2, 0.25) is 7.57 Å². The predicted octanol–water partition coefficient (Wildman–Crippen LogP) is 0.116. The zero-order chi connectivity index (χ0) is 23.1. The van der Waals surface area contributed by atoms with Crippen LogP contribution in [-0.4, -0.2) is 43.8 Å². The van der Waals surface area contributed by atoms with Gasteiger partial charge in [-0.25, -0.2) is 9.36 Å². The van der Waals surface area contributed by atoms with Crippen LogP contribution in [0.25, 0.3) is 5.88 Å². The average Bonchev–Trinajstić information content (AvgIpc) is 3.03. The van der Waals surface area contributed by atoms with Crippen molar-refractivity contribution in [3.63, 3.8) is 0 Å². The summed E-state index contributed by atoms with van der Waals surface area (Å²) in [7, 11) is -11.7. The van der Waals surface area contributed by atoms with Gasteiger partial charge in [-0.2, -0.15) is 8.78 Å². The molecule has 0 spiro atoms. The number of aromatic amines is 1. The van der Waals surface area contributed by atoms with E-state index in [1.165, 1.54) is 6.92 Å². The number of alkyl halides is 2. The van der Waals surface area contributed by atoms with Gasteiger partial charge in [-0.15, -0.1) is 0 Å². The van der Waals surface area contributed by atoms with Crippen LogP contribution in [0.5, 0.6) is 0 Å². The van der Waals surface area contributed by atoms with E-state index in [0.717, 1.165) is 18.3 Å². The second-order valence-electron chi connectivity index (χ2n) is 5.72. The van der Waals surface area contributed by atoms with Crippen molar-refractivity contribution in [2.75, 3.05) is 6.61 Å². The van der Waals surface area contributed by atoms with E-state index in [1.807, 2.05) is 4.98 Å². The number of aryl methyl sites for hydroxylation is 1. The SMILES string of the molecule is BP(=S)(OCC1=C=C=C(n2cc(C)c(=O)[nH]c2=O)O1)OP(=O)(O)C(F)(F)P(=O)(O)O. The molecule has 4 N–H and O–H groups in total. The smallest absolute Gasteiger partial charge is 0.426 e. The molecule has 0 amide bonds. The molecular formula is C11H12BF2N2O10P3S. The van der Waals surface area contributed by atoms with Crippen LogP contribution in [0.3, 0.4) is 0 Å². The third kappa shape index (κ3) is 5.26. The van der Waals surface area contributed by atoms with E-state index in [-0.39, 0.29) is 17.2 Å². The maximum Gasteiger partial charge on any atom is 0.444 e. The average molecular weight is 506 g/mol. The number of aromatic nitrogens is 2. The lowest BCUT2D eigenvalue weighted by molar-refractivity contribution is 0.108. The van der Waals surface area contributed by atoms with Crippen LogP contribution in [0, 0.1) is 6.92 Å². The van der Waals surface area contributed by atoms with Crippen LogP contribution in [0.1, 0.15) is 5.56 Å². The Balaban J connectivity index is 2.14. The van der Waals surface area contributed by atoms with Gasteiger partial charge >= 0.3 is 26.3 Å². The highest BCUT2D eigenvalue weighted by atomic mass is 32.5. The first-order chi connectivity index (χ1) is 13.5. The minimum absolute atomic E-state index is 0.180. The molecule has 2 unspecified atom stereocenters. The molecule has 0 fully saturated rings. The zero-order valence-corrected chi connectivity index (χ0v) is 18.4. The number of ether oxygens (including phenoxy) is 1. The lowest BCUT2D eigenvalue weighted by Crippen LogP contribution is -2.30. The van der Waals surface area contributed by atoms with E-state index < -0.39 is 44.8 Å². The van der Waals surface area contributed by atoms with Gasteiger partial charge < -0.3 is 23.9 Å². The van der Waals surface area contributed by atoms with Crippen LogP contribution in [0.15, 0.2) is 33.0 Å². The Kier molecular flexibility index (Phi) is 6.86. The quantitative estimate of drug-likeness (QED) is 0.214. The van der Waals surface area contributed by atoms with Crippen LogP contribution in [0.2, 0.25) is 0 Å². The molecule has 0 radical (unpaired) electrons. The molecule has 0 aliphatic carbocycles. The standard InChI is InChI=1S/C11H12BF2N2O10P3S/c1-6-4-16(10(18)15-9(6)17)8-3-2-7(25-8)5-24-29(12,30)26-28(22,23)11(13,14)27(19,20)21/h4H,5,12H2,1H3,(H,22,23)(H,15,17,18)(H2,19,20,21). The second-order valence-corrected chi connectivity index (χ2v) is 13.8. The van der Waals surface area contributed by atoms with Crippen LogP contribution in [0.4, 0.5) is 8.78 Å². The van der Waals surface area contributed by atoms with Crippen molar-refractivity contribution in [2.24, 2.45) is 0 Å². The minimum Gasteiger partial charge on any atom is -0.426 e. The van der Waals surface area contributed by atoms with Gasteiger partial charge in [-0.3, -0.25) is 23.2 Å². The van der Waals surface area contributed by atoms with Crippen LogP contribution >= 0.6 is 21.6 Å². The number of nitrogens with one attached hydrogen (secondary N) is 1. The van der Waals surface area contributed by atoms with E-state index in [2.05, 4.69) is 15.8 Å². The summed E-state index contributed by atoms with van der Waals surface area (Å²) in [6.45, 7) is 0.791. The van der Waals surface area contributed by atoms with Crippen molar-refractivity contribution in [3.05, 3.63) is 49.8 Å². The molecule has 2 rings (SSSR count). The van der Waals surface area contributed by atoms with Crippen molar-refractivity contribution in [3.8, 4) is 0 Å². The first-order valence-corrected chi connectivity index (χ1v) is 13.7. The predicted molar refractivity (Wildman–Crippen MR) is 104 cm³/mol. The highest BCUT2D eigenvalue weighted by molar-refractivity contribution is 8.22. The van der Waals surface area contributed by atoms with Crippen molar-refractivity contribution in [2.45, 2.75) is 12.3 Å². The summed E-state index contributed by atoms with van der Waals surface area (Å²) in [6.07, 6.45) is -2.78. The van der Waals surface area contributed by atoms with E-state index >= 15 is 0 Å². The Labute approximate surface area is 171 Å². The lowest BCUT2D eigenvalue weighted by Gasteiger charge is -2.26. The molecule has 12 nitrogen and oxygen atoms in total. The molecule has 1 aliphatic rings. The number of hydrogen-bond acceptors (Lipinski definition) is 8. The molecule has 0 aromatic carbocycles. The Morgan fingerprint density at radius 2 is 1.93 bits per heavy atom. The third-order valence-electron chi connectivity index (χ3n) is 3.25. The van der Waals surface area contributed by atoms with Gasteiger partial charge in [0.05, 0.1) is 0 Å². The highest BCUT2D eigenvalue weighted by Crippen LogP contribution is 2.77. The molecule has 30 heavy (non-hydrogen) atoms. The number of H-pyrrole nitrogens is 1. The number of hydrogen-bond donors (Lipinski definition) is 4. The molecular weight excluding hydrogens is 494 g/mol. The maximum atomic E-state index is 13.5. The molecule has 19 heteroatoms. The van der Waals surface area contributed by atoms with Crippen molar-refractivity contribution in [1.82, 2.24) is 9.55 Å². The van der Waals surface area contributed by atoms with E-state index in [9.17, 15) is 32.4 Å². The third-order valence-corrected chi connectivity index (χ3v) is 9.75. The molecule has 164 valence electrons. The van der Waals surface area contributed by atoms with E-state index in [1.54, 1.807) is 0 Å². The molecule has 1 aliphatic heterocycles. The normalized spacial score (nSPS) is 18.2. The Morgan fingerprint density at radius 3 is 2.50 bits per heavy atom. The second kappa shape index (κ2) is 8.28. The molecule has 0 saturated heterocycles. The maximum absolute atomic E-state index is 13.5. The monoisotopic (exact) mass is 506 g/mol. The molecule has 2 atom stereocenters. The molecule has 0 saturated carbocycles. The fourth-order valence-electron chi connectivity index (χ4n) is 1.80. The lowest BCUT2D eigenvalue weighted by atomic mass is 10.4. The first kappa shape index (κ1) is 24.9.